The van der Waals surface area contributed by atoms with Crippen molar-refractivity contribution in [1.82, 2.24) is 19.8 Å². The van der Waals surface area contributed by atoms with Crippen LogP contribution in [0, 0.1) is 0 Å². The Morgan fingerprint density at radius 1 is 1.22 bits per heavy atom. The number of ether oxygens (including phenoxy) is 1. The highest BCUT2D eigenvalue weighted by atomic mass is 16.5. The molecule has 0 radical (unpaired) electrons. The number of carbonyl (C=O) groups excluding carboxylic acids is 2. The van der Waals surface area contributed by atoms with E-state index in [9.17, 15) is 9.59 Å². The molecule has 0 unspecified atom stereocenters. The van der Waals surface area contributed by atoms with Gasteiger partial charge >= 0.3 is 6.09 Å². The third-order valence-electron chi connectivity index (χ3n) is 4.12. The van der Waals surface area contributed by atoms with Crippen molar-refractivity contribution in [2.75, 3.05) is 33.3 Å². The molecule has 0 bridgehead atoms. The molecule has 7 heteroatoms. The molecule has 23 heavy (non-hydrogen) atoms. The third kappa shape index (κ3) is 3.44. The number of imidazole rings is 1. The minimum absolute atomic E-state index is 0.0792. The summed E-state index contributed by atoms with van der Waals surface area (Å²) < 4.78 is 4.74. The van der Waals surface area contributed by atoms with Crippen LogP contribution in [-0.2, 0) is 16.0 Å². The highest BCUT2D eigenvalue weighted by Crippen LogP contribution is 2.14. The zero-order valence-electron chi connectivity index (χ0n) is 13.1. The fraction of sp³-hybridized carbons (Fsp3) is 0.438. The van der Waals surface area contributed by atoms with Gasteiger partial charge in [0.25, 0.3) is 0 Å². The Hall–Kier alpha value is -2.57. The number of amides is 2. The molecule has 1 aliphatic heterocycles. The quantitative estimate of drug-likeness (QED) is 0.908. The number of aromatic amines is 1. The van der Waals surface area contributed by atoms with E-state index in [-0.39, 0.29) is 12.0 Å². The molecule has 3 rings (SSSR count). The maximum absolute atomic E-state index is 12.5. The van der Waals surface area contributed by atoms with Crippen LogP contribution in [0.25, 0.3) is 11.0 Å². The van der Waals surface area contributed by atoms with Crippen molar-refractivity contribution < 1.29 is 14.3 Å². The number of carbonyl (C=O) groups is 2. The maximum atomic E-state index is 12.5. The van der Waals surface area contributed by atoms with E-state index in [4.69, 9.17) is 4.74 Å². The van der Waals surface area contributed by atoms with Gasteiger partial charge in [0.2, 0.25) is 5.91 Å². The van der Waals surface area contributed by atoms with E-state index in [2.05, 4.69) is 9.97 Å². The summed E-state index contributed by atoms with van der Waals surface area (Å²) in [4.78, 5) is 34.8. The number of nitrogens with one attached hydrogen (secondary N) is 1. The molecule has 1 fully saturated rings. The fourth-order valence-corrected chi connectivity index (χ4v) is 2.86. The monoisotopic (exact) mass is 316 g/mol. The van der Waals surface area contributed by atoms with Crippen LogP contribution in [0.4, 0.5) is 4.79 Å². The molecule has 2 amide bonds. The average Bonchev–Trinajstić information content (AvgIpc) is 2.88. The predicted octanol–water partition coefficient (Wildman–Crippen LogP) is 1.41. The van der Waals surface area contributed by atoms with E-state index in [1.165, 1.54) is 7.11 Å². The molecule has 1 aromatic carbocycles. The van der Waals surface area contributed by atoms with Gasteiger partial charge in [-0.05, 0) is 24.1 Å². The molecule has 1 aromatic heterocycles. The van der Waals surface area contributed by atoms with Crippen LogP contribution < -0.4 is 0 Å². The number of hydrogen-bond acceptors (Lipinski definition) is 4. The van der Waals surface area contributed by atoms with Gasteiger partial charge in [0.15, 0.2) is 0 Å². The van der Waals surface area contributed by atoms with Gasteiger partial charge in [-0.15, -0.1) is 0 Å². The predicted molar refractivity (Wildman–Crippen MR) is 85.0 cm³/mol. The first-order chi connectivity index (χ1) is 11.2. The second kappa shape index (κ2) is 6.68. The first-order valence-corrected chi connectivity index (χ1v) is 7.70. The van der Waals surface area contributed by atoms with Crippen LogP contribution in [0.15, 0.2) is 24.5 Å². The number of benzene rings is 1. The Kier molecular flexibility index (Phi) is 4.45. The molecule has 122 valence electrons. The molecule has 1 aliphatic rings. The first-order valence-electron chi connectivity index (χ1n) is 7.70. The van der Waals surface area contributed by atoms with Gasteiger partial charge in [0, 0.05) is 26.2 Å². The minimum atomic E-state index is -0.330. The summed E-state index contributed by atoms with van der Waals surface area (Å²) in [5.74, 6) is 0.0792. The van der Waals surface area contributed by atoms with Crippen molar-refractivity contribution >= 4 is 23.0 Å². The van der Waals surface area contributed by atoms with Gasteiger partial charge in [-0.2, -0.15) is 0 Å². The van der Waals surface area contributed by atoms with Crippen LogP contribution >= 0.6 is 0 Å². The number of hydrogen-bond donors (Lipinski definition) is 1. The van der Waals surface area contributed by atoms with E-state index in [0.717, 1.165) is 23.0 Å². The molecule has 1 N–H and O–H groups in total. The Labute approximate surface area is 134 Å². The Morgan fingerprint density at radius 2 is 2.00 bits per heavy atom. The molecule has 0 aliphatic carbocycles. The normalized spacial score (nSPS) is 15.5. The summed E-state index contributed by atoms with van der Waals surface area (Å²) in [6.07, 6.45) is 2.43. The van der Waals surface area contributed by atoms with Crippen molar-refractivity contribution in [3.63, 3.8) is 0 Å². The van der Waals surface area contributed by atoms with Crippen LogP contribution in [-0.4, -0.2) is 65.1 Å². The van der Waals surface area contributed by atoms with Crippen molar-refractivity contribution in [3.8, 4) is 0 Å². The van der Waals surface area contributed by atoms with Crippen LogP contribution in [0.3, 0.4) is 0 Å². The highest BCUT2D eigenvalue weighted by Gasteiger charge is 2.22. The molecule has 0 spiro atoms. The van der Waals surface area contributed by atoms with Gasteiger partial charge in [-0.25, -0.2) is 9.78 Å². The highest BCUT2D eigenvalue weighted by molar-refractivity contribution is 5.81. The standard InChI is InChI=1S/C16H20N4O3/c1-23-16(22)20-6-2-5-19(7-8-20)15(21)10-12-3-4-13-14(9-12)18-11-17-13/h3-4,9,11H,2,5-8,10H2,1H3,(H,17,18). The number of fused-ring (bicyclic) bond motifs is 1. The van der Waals surface area contributed by atoms with E-state index < -0.39 is 0 Å². The van der Waals surface area contributed by atoms with Gasteiger partial charge in [-0.1, -0.05) is 6.07 Å². The van der Waals surface area contributed by atoms with Gasteiger partial charge in [0.05, 0.1) is 30.9 Å². The Morgan fingerprint density at radius 3 is 2.83 bits per heavy atom. The van der Waals surface area contributed by atoms with E-state index in [1.54, 1.807) is 11.2 Å². The number of aromatic nitrogens is 2. The van der Waals surface area contributed by atoms with Gasteiger partial charge < -0.3 is 19.5 Å². The van der Waals surface area contributed by atoms with E-state index in [1.807, 2.05) is 23.1 Å². The SMILES string of the molecule is COC(=O)N1CCCN(C(=O)Cc2ccc3nc[nH]c3c2)CC1. The fourth-order valence-electron chi connectivity index (χ4n) is 2.86. The molecule has 0 saturated carbocycles. The lowest BCUT2D eigenvalue weighted by molar-refractivity contribution is -0.130. The molecule has 1 saturated heterocycles. The van der Waals surface area contributed by atoms with Crippen molar-refractivity contribution in [3.05, 3.63) is 30.1 Å². The lowest BCUT2D eigenvalue weighted by Crippen LogP contribution is -2.37. The smallest absolute Gasteiger partial charge is 0.409 e. The number of rotatable bonds is 2. The van der Waals surface area contributed by atoms with Crippen LogP contribution in [0.1, 0.15) is 12.0 Å². The summed E-state index contributed by atoms with van der Waals surface area (Å²) in [5.41, 5.74) is 2.79. The topological polar surface area (TPSA) is 78.5 Å². The van der Waals surface area contributed by atoms with Gasteiger partial charge in [-0.3, -0.25) is 4.79 Å². The van der Waals surface area contributed by atoms with Crippen LogP contribution in [0.5, 0.6) is 0 Å². The summed E-state index contributed by atoms with van der Waals surface area (Å²) in [6, 6.07) is 5.80. The molecule has 2 heterocycles. The molecule has 0 atom stereocenters. The minimum Gasteiger partial charge on any atom is -0.453 e. The summed E-state index contributed by atoms with van der Waals surface area (Å²) in [5, 5.41) is 0. The molecular weight excluding hydrogens is 296 g/mol. The van der Waals surface area contributed by atoms with Crippen LogP contribution in [0.2, 0.25) is 0 Å². The zero-order chi connectivity index (χ0) is 16.2. The number of methoxy groups -OCH3 is 1. The Bertz CT molecular complexity index is 712. The van der Waals surface area contributed by atoms with Crippen molar-refractivity contribution in [1.29, 1.82) is 0 Å². The summed E-state index contributed by atoms with van der Waals surface area (Å²) in [6.45, 7) is 2.34. The second-order valence-corrected chi connectivity index (χ2v) is 5.62. The van der Waals surface area contributed by atoms with Crippen molar-refractivity contribution in [2.24, 2.45) is 0 Å². The Balaban J connectivity index is 1.62. The van der Waals surface area contributed by atoms with Crippen molar-refractivity contribution in [2.45, 2.75) is 12.8 Å². The summed E-state index contributed by atoms with van der Waals surface area (Å²) >= 11 is 0. The molecule has 7 nitrogen and oxygen atoms in total. The summed E-state index contributed by atoms with van der Waals surface area (Å²) in [7, 11) is 1.38. The molecular formula is C16H20N4O3. The number of H-pyrrole nitrogens is 1. The third-order valence-corrected chi connectivity index (χ3v) is 4.12. The lowest BCUT2D eigenvalue weighted by atomic mass is 10.1. The maximum Gasteiger partial charge on any atom is 0.409 e. The zero-order valence-corrected chi connectivity index (χ0v) is 13.1. The largest absolute Gasteiger partial charge is 0.453 e. The van der Waals surface area contributed by atoms with E-state index in [0.29, 0.717) is 32.6 Å². The second-order valence-electron chi connectivity index (χ2n) is 5.62. The average molecular weight is 316 g/mol. The van der Waals surface area contributed by atoms with E-state index >= 15 is 0 Å². The number of nitrogens with zero attached hydrogens (tertiary/aromatic N) is 3. The first kappa shape index (κ1) is 15.3. The lowest BCUT2D eigenvalue weighted by Gasteiger charge is -2.21. The van der Waals surface area contributed by atoms with Gasteiger partial charge in [0.1, 0.15) is 0 Å². The molecule has 2 aromatic rings.